The molecule has 0 saturated carbocycles. The molecule has 1 rings (SSSR count). The lowest BCUT2D eigenvalue weighted by atomic mass is 10.3. The Labute approximate surface area is 92.8 Å². The molecule has 1 aromatic carbocycles. The van der Waals surface area contributed by atoms with E-state index in [1.165, 1.54) is 0 Å². The maximum atomic E-state index is 11.4. The molecule has 0 aromatic heterocycles. The third kappa shape index (κ3) is 2.89. The first-order valence-electron chi connectivity index (χ1n) is 4.21. The van der Waals surface area contributed by atoms with Gasteiger partial charge in [0.15, 0.2) is 0 Å². The first-order valence-corrected chi connectivity index (χ1v) is 4.97. The predicted octanol–water partition coefficient (Wildman–Crippen LogP) is 3.18. The predicted molar refractivity (Wildman–Crippen MR) is 56.8 cm³/mol. The minimum Gasteiger partial charge on any atom is -0.424 e. The largest absolute Gasteiger partial charge is 0.424 e. The number of hydrogen-bond acceptors (Lipinski definition) is 2. The molecule has 0 aliphatic carbocycles. The van der Waals surface area contributed by atoms with Gasteiger partial charge in [0.05, 0.1) is 0 Å². The SMILES string of the molecule is CCC(Cl)(Cl)C(=O)Oc1ccccc1. The third-order valence-electron chi connectivity index (χ3n) is 1.70. The molecule has 0 atom stereocenters. The molecule has 0 saturated heterocycles. The van der Waals surface area contributed by atoms with Crippen LogP contribution < -0.4 is 4.74 Å². The van der Waals surface area contributed by atoms with Crippen molar-refractivity contribution in [2.75, 3.05) is 0 Å². The molecular weight excluding hydrogens is 223 g/mol. The first kappa shape index (κ1) is 11.3. The van der Waals surface area contributed by atoms with Crippen molar-refractivity contribution in [2.24, 2.45) is 0 Å². The summed E-state index contributed by atoms with van der Waals surface area (Å²) in [5.41, 5.74) is 0. The van der Waals surface area contributed by atoms with Gasteiger partial charge in [-0.3, -0.25) is 0 Å². The Morgan fingerprint density at radius 2 is 1.93 bits per heavy atom. The topological polar surface area (TPSA) is 26.3 Å². The van der Waals surface area contributed by atoms with Crippen molar-refractivity contribution in [3.05, 3.63) is 30.3 Å². The van der Waals surface area contributed by atoms with Crippen molar-refractivity contribution in [3.8, 4) is 5.75 Å². The maximum Gasteiger partial charge on any atom is 0.347 e. The van der Waals surface area contributed by atoms with Gasteiger partial charge in [-0.25, -0.2) is 4.79 Å². The summed E-state index contributed by atoms with van der Waals surface area (Å²) in [5, 5.41) is 0. The quantitative estimate of drug-likeness (QED) is 0.455. The Kier molecular flexibility index (Phi) is 3.78. The number of esters is 1. The summed E-state index contributed by atoms with van der Waals surface area (Å²) in [5.74, 6) is -0.203. The van der Waals surface area contributed by atoms with Crippen LogP contribution in [0.4, 0.5) is 0 Å². The summed E-state index contributed by atoms with van der Waals surface area (Å²) in [6.45, 7) is 1.71. The fourth-order valence-electron chi connectivity index (χ4n) is 0.815. The molecular formula is C10H10Cl2O2. The van der Waals surface area contributed by atoms with Crippen LogP contribution in [0.5, 0.6) is 5.75 Å². The highest BCUT2D eigenvalue weighted by Crippen LogP contribution is 2.27. The summed E-state index contributed by atoms with van der Waals surface area (Å²) >= 11 is 11.4. The molecule has 14 heavy (non-hydrogen) atoms. The van der Waals surface area contributed by atoms with Crippen LogP contribution in [-0.4, -0.2) is 10.3 Å². The van der Waals surface area contributed by atoms with E-state index < -0.39 is 10.3 Å². The third-order valence-corrected chi connectivity index (χ3v) is 2.54. The molecule has 4 heteroatoms. The minimum absolute atomic E-state index is 0.307. The zero-order chi connectivity index (χ0) is 10.6. The van der Waals surface area contributed by atoms with Crippen LogP contribution in [0.15, 0.2) is 30.3 Å². The molecule has 2 nitrogen and oxygen atoms in total. The van der Waals surface area contributed by atoms with Gasteiger partial charge in [0.25, 0.3) is 0 Å². The second-order valence-electron chi connectivity index (χ2n) is 2.76. The zero-order valence-corrected chi connectivity index (χ0v) is 9.18. The molecule has 0 radical (unpaired) electrons. The Morgan fingerprint density at radius 3 is 2.43 bits per heavy atom. The number of hydrogen-bond donors (Lipinski definition) is 0. The van der Waals surface area contributed by atoms with Crippen LogP contribution in [0.25, 0.3) is 0 Å². The Balaban J connectivity index is 2.67. The van der Waals surface area contributed by atoms with Gasteiger partial charge in [0, 0.05) is 0 Å². The van der Waals surface area contributed by atoms with E-state index >= 15 is 0 Å². The van der Waals surface area contributed by atoms with Crippen molar-refractivity contribution in [3.63, 3.8) is 0 Å². The number of carbonyl (C=O) groups is 1. The van der Waals surface area contributed by atoms with Gasteiger partial charge in [-0.05, 0) is 18.6 Å². The molecule has 0 fully saturated rings. The van der Waals surface area contributed by atoms with Crippen LogP contribution in [-0.2, 0) is 4.79 Å². The summed E-state index contributed by atoms with van der Waals surface area (Å²) in [4.78, 5) is 11.4. The lowest BCUT2D eigenvalue weighted by molar-refractivity contribution is -0.135. The van der Waals surface area contributed by atoms with E-state index in [0.29, 0.717) is 12.2 Å². The van der Waals surface area contributed by atoms with Crippen molar-refractivity contribution in [1.82, 2.24) is 0 Å². The Hall–Kier alpha value is -0.730. The van der Waals surface area contributed by atoms with Gasteiger partial charge in [-0.1, -0.05) is 48.3 Å². The Morgan fingerprint density at radius 1 is 1.36 bits per heavy atom. The fourth-order valence-corrected chi connectivity index (χ4v) is 0.892. The molecule has 0 aliphatic rings. The smallest absolute Gasteiger partial charge is 0.347 e. The number of para-hydroxylation sites is 1. The molecule has 0 bridgehead atoms. The Bertz CT molecular complexity index is 309. The van der Waals surface area contributed by atoms with E-state index in [9.17, 15) is 4.79 Å². The standard InChI is InChI=1S/C10H10Cl2O2/c1-2-10(11,12)9(13)14-8-6-4-3-5-7-8/h3-7H,2H2,1H3. The van der Waals surface area contributed by atoms with Crippen LogP contribution in [0.3, 0.4) is 0 Å². The monoisotopic (exact) mass is 232 g/mol. The number of rotatable bonds is 3. The van der Waals surface area contributed by atoms with Gasteiger partial charge in [0.1, 0.15) is 5.75 Å². The van der Waals surface area contributed by atoms with Gasteiger partial charge < -0.3 is 4.74 Å². The number of alkyl halides is 2. The van der Waals surface area contributed by atoms with Crippen molar-refractivity contribution < 1.29 is 9.53 Å². The lowest BCUT2D eigenvalue weighted by Crippen LogP contribution is -2.29. The summed E-state index contributed by atoms with van der Waals surface area (Å²) < 4.78 is 3.50. The second kappa shape index (κ2) is 4.67. The highest BCUT2D eigenvalue weighted by Gasteiger charge is 2.33. The van der Waals surface area contributed by atoms with Crippen LogP contribution in [0.1, 0.15) is 13.3 Å². The molecule has 0 aliphatic heterocycles. The van der Waals surface area contributed by atoms with Gasteiger partial charge in [0.2, 0.25) is 4.33 Å². The number of carbonyl (C=O) groups excluding carboxylic acids is 1. The number of benzene rings is 1. The van der Waals surface area contributed by atoms with E-state index in [2.05, 4.69) is 0 Å². The van der Waals surface area contributed by atoms with E-state index in [1.807, 2.05) is 6.07 Å². The van der Waals surface area contributed by atoms with Crippen molar-refractivity contribution in [2.45, 2.75) is 17.7 Å². The van der Waals surface area contributed by atoms with E-state index in [-0.39, 0.29) is 0 Å². The highest BCUT2D eigenvalue weighted by atomic mass is 35.5. The molecule has 0 heterocycles. The van der Waals surface area contributed by atoms with E-state index in [4.69, 9.17) is 27.9 Å². The van der Waals surface area contributed by atoms with Gasteiger partial charge >= 0.3 is 5.97 Å². The molecule has 0 N–H and O–H groups in total. The highest BCUT2D eigenvalue weighted by molar-refractivity contribution is 6.57. The molecule has 1 aromatic rings. The zero-order valence-electron chi connectivity index (χ0n) is 7.67. The second-order valence-corrected chi connectivity index (χ2v) is 4.24. The molecule has 0 unspecified atom stereocenters. The maximum absolute atomic E-state index is 11.4. The van der Waals surface area contributed by atoms with Crippen LogP contribution >= 0.6 is 23.2 Å². The normalized spacial score (nSPS) is 11.1. The van der Waals surface area contributed by atoms with Crippen LogP contribution in [0, 0.1) is 0 Å². The molecule has 0 amide bonds. The van der Waals surface area contributed by atoms with Gasteiger partial charge in [-0.15, -0.1) is 0 Å². The van der Waals surface area contributed by atoms with Crippen molar-refractivity contribution >= 4 is 29.2 Å². The van der Waals surface area contributed by atoms with E-state index in [1.54, 1.807) is 31.2 Å². The van der Waals surface area contributed by atoms with E-state index in [0.717, 1.165) is 0 Å². The fraction of sp³-hybridized carbons (Fsp3) is 0.300. The average Bonchev–Trinajstić information content (AvgIpc) is 2.19. The minimum atomic E-state index is -1.46. The number of halogens is 2. The summed E-state index contributed by atoms with van der Waals surface area (Å²) in [6.07, 6.45) is 0.307. The summed E-state index contributed by atoms with van der Waals surface area (Å²) in [7, 11) is 0. The van der Waals surface area contributed by atoms with Crippen LogP contribution in [0.2, 0.25) is 0 Å². The lowest BCUT2D eigenvalue weighted by Gasteiger charge is -2.15. The number of ether oxygens (including phenoxy) is 1. The molecule has 76 valence electrons. The van der Waals surface area contributed by atoms with Gasteiger partial charge in [-0.2, -0.15) is 0 Å². The first-order chi connectivity index (χ1) is 6.56. The average molecular weight is 233 g/mol. The summed E-state index contributed by atoms with van der Waals surface area (Å²) in [6, 6.07) is 8.68. The van der Waals surface area contributed by atoms with Crippen molar-refractivity contribution in [1.29, 1.82) is 0 Å². The molecule has 0 spiro atoms.